The van der Waals surface area contributed by atoms with Gasteiger partial charge in [0.05, 0.1) is 0 Å². The van der Waals surface area contributed by atoms with E-state index in [1.54, 1.807) is 33.5 Å². The first kappa shape index (κ1) is 44.9. The molecule has 3 aromatic carbocycles. The molecule has 0 saturated carbocycles. The van der Waals surface area contributed by atoms with E-state index in [0.29, 0.717) is 13.6 Å². The van der Waals surface area contributed by atoms with E-state index in [9.17, 15) is 0 Å². The summed E-state index contributed by atoms with van der Waals surface area (Å²) in [6.07, 6.45) is 0. The monoisotopic (exact) mass is 586 g/mol. The Morgan fingerprint density at radius 3 is 1.24 bits per heavy atom. The van der Waals surface area contributed by atoms with Crippen LogP contribution in [-0.4, -0.2) is 42.0 Å². The van der Waals surface area contributed by atoms with Gasteiger partial charge >= 0.3 is 0 Å². The standard InChI is InChI=1S/C8H9O2.C7H8.C7H7.C3H8O2.C2H3N.2C2H6.Y/c1-9-7-10-8-5-3-2-4-6-8;2*1-7-5-3-2-4-6-7;1-4-3-5-2;1-3-2;2*1-2;/h3-6H,7H2,1H3;2-6H,1H3;3-6H,1H3;3H2,1-2H3;1H3;2*1-2H3;/q-1;;-1;;;;;. The van der Waals surface area contributed by atoms with Gasteiger partial charge in [-0.2, -0.15) is 54.1 Å². The summed E-state index contributed by atoms with van der Waals surface area (Å²) in [5, 5.41) is 0. The molecule has 3 aromatic rings. The molecule has 0 N–H and O–H groups in total. The molecule has 0 unspecified atom stereocenters. The maximum atomic E-state index is 5.83. The van der Waals surface area contributed by atoms with Crippen molar-refractivity contribution in [2.45, 2.75) is 41.5 Å². The van der Waals surface area contributed by atoms with Crippen molar-refractivity contribution < 1.29 is 51.7 Å². The third-order valence-corrected chi connectivity index (χ3v) is 3.09. The average molecular weight is 587 g/mol. The molecule has 0 saturated heterocycles. The summed E-state index contributed by atoms with van der Waals surface area (Å²) < 4.78 is 18.8. The summed E-state index contributed by atoms with van der Waals surface area (Å²) in [7, 11) is 6.18. The number of ether oxygens (including phenoxy) is 4. The van der Waals surface area contributed by atoms with Gasteiger partial charge < -0.3 is 23.8 Å². The Morgan fingerprint density at radius 2 is 1.00 bits per heavy atom. The fraction of sp³-hybridized carbons (Fsp3) is 0.387. The van der Waals surface area contributed by atoms with Crippen LogP contribution < -0.4 is 4.74 Å². The molecule has 0 bridgehead atoms. The molecule has 0 aliphatic rings. The zero-order chi connectivity index (χ0) is 28.3. The van der Waals surface area contributed by atoms with Gasteiger partial charge in [-0.15, -0.1) is 12.1 Å². The van der Waals surface area contributed by atoms with Crippen LogP contribution in [0.3, 0.4) is 0 Å². The largest absolute Gasteiger partial charge is 0.493 e. The molecule has 0 aliphatic carbocycles. The number of hydrogen-bond donors (Lipinski definition) is 0. The van der Waals surface area contributed by atoms with Gasteiger partial charge in [-0.05, 0) is 6.92 Å². The molecule has 0 aromatic heterocycles. The average Bonchev–Trinajstić information content (AvgIpc) is 2.93. The fourth-order valence-corrected chi connectivity index (χ4v) is 1.72. The summed E-state index contributed by atoms with van der Waals surface area (Å²) in [6, 6.07) is 31.2. The summed E-state index contributed by atoms with van der Waals surface area (Å²) in [4.78, 5) is 2.75. The van der Waals surface area contributed by atoms with E-state index in [1.165, 1.54) is 18.2 Å². The molecule has 0 aliphatic heterocycles. The molecule has 0 atom stereocenters. The second-order valence-corrected chi connectivity index (χ2v) is 5.94. The minimum atomic E-state index is 0. The van der Waals surface area contributed by atoms with E-state index >= 15 is 0 Å². The Hall–Kier alpha value is -2.07. The van der Waals surface area contributed by atoms with E-state index in [2.05, 4.69) is 52.4 Å². The van der Waals surface area contributed by atoms with Crippen molar-refractivity contribution in [2.75, 3.05) is 42.0 Å². The van der Waals surface area contributed by atoms with Crippen molar-refractivity contribution in [3.05, 3.63) is 114 Å². The maximum Gasteiger partial charge on any atom is 0.205 e. The van der Waals surface area contributed by atoms with Gasteiger partial charge in [-0.3, -0.25) is 0 Å². The van der Waals surface area contributed by atoms with Crippen LogP contribution in [-0.2, 0) is 46.9 Å². The predicted octanol–water partition coefficient (Wildman–Crippen LogP) is 8.08. The second-order valence-electron chi connectivity index (χ2n) is 5.94. The number of rotatable bonds is 5. The van der Waals surface area contributed by atoms with Gasteiger partial charge in [-0.25, -0.2) is 6.57 Å². The quantitative estimate of drug-likeness (QED) is 0.224. The first-order chi connectivity index (χ1) is 17.5. The van der Waals surface area contributed by atoms with Crippen molar-refractivity contribution in [3.63, 3.8) is 0 Å². The minimum absolute atomic E-state index is 0. The van der Waals surface area contributed by atoms with Crippen molar-refractivity contribution in [2.24, 2.45) is 0 Å². The number of aryl methyl sites for hydroxylation is 2. The van der Waals surface area contributed by atoms with Crippen molar-refractivity contribution in [1.29, 1.82) is 0 Å². The van der Waals surface area contributed by atoms with Crippen LogP contribution in [0.25, 0.3) is 4.85 Å². The predicted molar refractivity (Wildman–Crippen MR) is 153 cm³/mol. The van der Waals surface area contributed by atoms with Crippen LogP contribution in [0.15, 0.2) is 78.9 Å². The molecular weight excluding hydrogens is 539 g/mol. The van der Waals surface area contributed by atoms with Gasteiger partial charge in [-0.1, -0.05) is 70.5 Å². The smallest absolute Gasteiger partial charge is 0.205 e. The third-order valence-electron chi connectivity index (χ3n) is 3.09. The first-order valence-corrected chi connectivity index (χ1v) is 11.8. The first-order valence-electron chi connectivity index (χ1n) is 11.8. The van der Waals surface area contributed by atoms with Crippen molar-refractivity contribution in [3.8, 4) is 5.75 Å². The van der Waals surface area contributed by atoms with Crippen molar-refractivity contribution >= 4 is 0 Å². The number of benzene rings is 3. The molecule has 1 radical (unpaired) electrons. The van der Waals surface area contributed by atoms with Gasteiger partial charge in [0.15, 0.2) is 6.79 Å². The van der Waals surface area contributed by atoms with Crippen LogP contribution in [0.5, 0.6) is 5.75 Å². The normalized spacial score (nSPS) is 7.49. The fourth-order valence-electron chi connectivity index (χ4n) is 1.72. The molecule has 0 amide bonds. The molecule has 37 heavy (non-hydrogen) atoms. The maximum absolute atomic E-state index is 5.83. The SMILES string of the molecule is CC.CC.COCOC.COCOc1cc[c-]cc1.Cc1cc[c-]cc1.Cc1ccccc1.[C-]#[N+]C.[Y]. The Kier molecular flexibility index (Phi) is 53.3. The van der Waals surface area contributed by atoms with Gasteiger partial charge in [0.25, 0.3) is 0 Å². The second kappa shape index (κ2) is 44.0. The number of hydrogen-bond acceptors (Lipinski definition) is 4. The van der Waals surface area contributed by atoms with Crippen LogP contribution in [0, 0.1) is 32.6 Å². The summed E-state index contributed by atoms with van der Waals surface area (Å²) >= 11 is 0. The third kappa shape index (κ3) is 44.3. The molecular formula is C31H47NO4Y-2. The topological polar surface area (TPSA) is 41.3 Å². The molecule has 0 fully saturated rings. The van der Waals surface area contributed by atoms with E-state index < -0.39 is 0 Å². The Labute approximate surface area is 253 Å². The molecule has 5 nitrogen and oxygen atoms in total. The molecule has 0 spiro atoms. The Bertz CT molecular complexity index is 728. The molecule has 0 heterocycles. The molecule has 6 heteroatoms. The van der Waals surface area contributed by atoms with Crippen molar-refractivity contribution in [1.82, 2.24) is 0 Å². The Balaban J connectivity index is -0.000000115. The van der Waals surface area contributed by atoms with Crippen LogP contribution in [0.1, 0.15) is 38.8 Å². The number of methoxy groups -OCH3 is 3. The summed E-state index contributed by atoms with van der Waals surface area (Å²) in [5.41, 5.74) is 2.61. The Morgan fingerprint density at radius 1 is 0.649 bits per heavy atom. The van der Waals surface area contributed by atoms with Crippen LogP contribution in [0.2, 0.25) is 0 Å². The van der Waals surface area contributed by atoms with Gasteiger partial charge in [0.1, 0.15) is 6.79 Å². The zero-order valence-corrected chi connectivity index (χ0v) is 27.4. The number of nitrogens with zero attached hydrogens (tertiary/aromatic N) is 1. The molecule has 3 rings (SSSR count). The minimum Gasteiger partial charge on any atom is -0.493 e. The summed E-state index contributed by atoms with van der Waals surface area (Å²) in [5.74, 6) is 0.806. The molecule has 205 valence electrons. The van der Waals surface area contributed by atoms with E-state index in [0.717, 1.165) is 5.75 Å². The van der Waals surface area contributed by atoms with Gasteiger partial charge in [0.2, 0.25) is 7.05 Å². The van der Waals surface area contributed by atoms with Gasteiger partial charge in [0, 0.05) is 59.8 Å². The van der Waals surface area contributed by atoms with E-state index in [4.69, 9.17) is 16.0 Å². The van der Waals surface area contributed by atoms with Crippen LogP contribution in [0.4, 0.5) is 0 Å². The van der Waals surface area contributed by atoms with Crippen LogP contribution >= 0.6 is 0 Å². The zero-order valence-electron chi connectivity index (χ0n) is 24.6. The van der Waals surface area contributed by atoms with E-state index in [1.807, 2.05) is 82.3 Å². The van der Waals surface area contributed by atoms with E-state index in [-0.39, 0.29) is 32.7 Å². The summed E-state index contributed by atoms with van der Waals surface area (Å²) in [6.45, 7) is 18.7.